The Morgan fingerprint density at radius 1 is 0.522 bits per heavy atom. The van der Waals surface area contributed by atoms with Gasteiger partial charge in [0.15, 0.2) is 0 Å². The van der Waals surface area contributed by atoms with E-state index >= 15 is 0 Å². The average molecular weight is 358 g/mol. The number of rotatable bonds is 2. The molecule has 0 aliphatic heterocycles. The van der Waals surface area contributed by atoms with E-state index in [0.717, 1.165) is 0 Å². The summed E-state index contributed by atoms with van der Waals surface area (Å²) < 4.78 is 3.50. The molecule has 0 bridgehead atoms. The van der Waals surface area contributed by atoms with Gasteiger partial charge in [-0.3, -0.25) is 9.41 Å². The normalized spacial score (nSPS) is 22.5. The molecule has 0 unspecified atom stereocenters. The van der Waals surface area contributed by atoms with Crippen LogP contribution in [0.25, 0.3) is 0 Å². The summed E-state index contributed by atoms with van der Waals surface area (Å²) in [6.07, 6.45) is 0. The van der Waals surface area contributed by atoms with Crippen molar-refractivity contribution in [2.75, 3.05) is 0 Å². The molecule has 0 N–H and O–H groups in total. The molecule has 0 saturated heterocycles. The second-order valence-electron chi connectivity index (χ2n) is 7.88. The van der Waals surface area contributed by atoms with Gasteiger partial charge in [-0.2, -0.15) is 0 Å². The molecule has 0 aromatic heterocycles. The van der Waals surface area contributed by atoms with Crippen LogP contribution in [0.2, 0.25) is 0 Å². The summed E-state index contributed by atoms with van der Waals surface area (Å²) in [4.78, 5) is 0. The van der Waals surface area contributed by atoms with Crippen LogP contribution in [0.1, 0.15) is 69.2 Å². The van der Waals surface area contributed by atoms with Crippen LogP contribution in [0.4, 0.5) is 9.41 Å². The summed E-state index contributed by atoms with van der Waals surface area (Å²) in [5.74, 6) is 0. The first kappa shape index (κ1) is 22.5. The Morgan fingerprint density at radius 2 is 0.783 bits per heavy atom. The molecule has 0 aromatic rings. The first-order chi connectivity index (χ1) is 9.44. The van der Waals surface area contributed by atoms with Crippen LogP contribution in [0, 0.1) is 10.8 Å². The second kappa shape index (κ2) is 6.80. The van der Waals surface area contributed by atoms with E-state index in [2.05, 4.69) is 69.2 Å². The van der Waals surface area contributed by atoms with Gasteiger partial charge >= 0.3 is 140 Å². The molecule has 0 aromatic carbocycles. The van der Waals surface area contributed by atoms with Gasteiger partial charge in [-0.1, -0.05) is 0 Å². The molecule has 0 spiro atoms. The van der Waals surface area contributed by atoms with E-state index in [-0.39, 0.29) is 39.4 Å². The predicted molar refractivity (Wildman–Crippen MR) is 94.7 cm³/mol. The Hall–Kier alpha value is -0.466. The van der Waals surface area contributed by atoms with E-state index in [1.54, 1.807) is 30.0 Å². The second-order valence-corrected chi connectivity index (χ2v) is 9.83. The average Bonchev–Trinajstić information content (AvgIpc) is 2.63. The molecule has 2 aliphatic carbocycles. The summed E-state index contributed by atoms with van der Waals surface area (Å²) in [6.45, 7) is 23.6. The fourth-order valence-corrected chi connectivity index (χ4v) is 6.94. The van der Waals surface area contributed by atoms with Crippen molar-refractivity contribution in [1.82, 2.24) is 0 Å². The summed E-state index contributed by atoms with van der Waals surface area (Å²) >= 11 is -0.239. The summed E-state index contributed by atoms with van der Waals surface area (Å²) in [6, 6.07) is 0. The monoisotopic (exact) mass is 358 g/mol. The zero-order chi connectivity index (χ0) is 16.3. The van der Waals surface area contributed by atoms with Crippen LogP contribution in [-0.4, -0.2) is 0 Å². The van der Waals surface area contributed by atoms with Gasteiger partial charge in [-0.15, -0.1) is 0 Å². The molecule has 3 heteroatoms. The van der Waals surface area contributed by atoms with Crippen molar-refractivity contribution in [3.8, 4) is 0 Å². The number of allylic oxidation sites excluding steroid dienone is 8. The van der Waals surface area contributed by atoms with Crippen molar-refractivity contribution < 1.29 is 28.6 Å². The van der Waals surface area contributed by atoms with Gasteiger partial charge in [0.2, 0.25) is 0 Å². The fraction of sp³-hybridized carbons (Fsp3) is 0.600. The van der Waals surface area contributed by atoms with Gasteiger partial charge in [-0.05, 0) is 0 Å². The molecule has 2 aliphatic rings. The van der Waals surface area contributed by atoms with Crippen LogP contribution in [-0.2, 0) is 19.2 Å². The molecule has 23 heavy (non-hydrogen) atoms. The van der Waals surface area contributed by atoms with Crippen molar-refractivity contribution in [2.24, 2.45) is 10.8 Å². The third-order valence-corrected chi connectivity index (χ3v) is 10.3. The van der Waals surface area contributed by atoms with Gasteiger partial charge in [0, 0.05) is 0 Å². The van der Waals surface area contributed by atoms with Gasteiger partial charge < -0.3 is 0 Å². The van der Waals surface area contributed by atoms with Gasteiger partial charge in [0.1, 0.15) is 0 Å². The van der Waals surface area contributed by atoms with Crippen LogP contribution >= 0.6 is 0 Å². The summed E-state index contributed by atoms with van der Waals surface area (Å²) in [7, 11) is 0. The minimum absolute atomic E-state index is 0. The zero-order valence-corrected chi connectivity index (χ0v) is 17.9. The van der Waals surface area contributed by atoms with Crippen molar-refractivity contribution in [3.05, 3.63) is 41.2 Å². The van der Waals surface area contributed by atoms with Crippen LogP contribution < -0.4 is 0 Å². The van der Waals surface area contributed by atoms with E-state index in [9.17, 15) is 0 Å². The minimum atomic E-state index is -0.239. The largest absolute Gasteiger partial charge is 0.269 e. The minimum Gasteiger partial charge on any atom is -0.269 e. The quantitative estimate of drug-likeness (QED) is 0.483. The summed E-state index contributed by atoms with van der Waals surface area (Å²) in [5.41, 5.74) is 9.92. The zero-order valence-electron chi connectivity index (χ0n) is 16.3. The first-order valence-electron chi connectivity index (χ1n) is 8.00. The third kappa shape index (κ3) is 3.09. The van der Waals surface area contributed by atoms with E-state index in [1.807, 2.05) is 0 Å². The van der Waals surface area contributed by atoms with Crippen LogP contribution in [0.3, 0.4) is 0 Å². The molecule has 0 radical (unpaired) electrons. The molecule has 0 atom stereocenters. The Kier molecular flexibility index (Phi) is 6.67. The molecule has 0 amide bonds. The van der Waals surface area contributed by atoms with Crippen LogP contribution in [0.5, 0.6) is 0 Å². The van der Waals surface area contributed by atoms with Gasteiger partial charge in [-0.25, -0.2) is 0 Å². The topological polar surface area (TPSA) is 0 Å². The molecule has 0 heterocycles. The predicted octanol–water partition coefficient (Wildman–Crippen LogP) is 6.67. The smallest absolute Gasteiger partial charge is 0.269 e. The number of hydrogen-bond acceptors (Lipinski definition) is 0. The Labute approximate surface area is 149 Å². The van der Waals surface area contributed by atoms with Crippen molar-refractivity contribution in [2.45, 2.75) is 69.2 Å². The van der Waals surface area contributed by atoms with Gasteiger partial charge in [0.25, 0.3) is 0 Å². The SMILES string of the molecule is CC1=C(C)C(C)(C)[C]([Ti][C]2=C(C)C(C)=C(C)C2(C)C)=C1C.F.F. The van der Waals surface area contributed by atoms with E-state index in [1.165, 1.54) is 11.1 Å². The van der Waals surface area contributed by atoms with E-state index in [0.29, 0.717) is 0 Å². The van der Waals surface area contributed by atoms with Crippen molar-refractivity contribution in [3.63, 3.8) is 0 Å². The molecule has 0 saturated carbocycles. The molecular weight excluding hydrogens is 326 g/mol. The Balaban J connectivity index is 0.00000242. The first-order valence-corrected chi connectivity index (χ1v) is 9.56. The van der Waals surface area contributed by atoms with E-state index in [4.69, 9.17) is 0 Å². The Morgan fingerprint density at radius 3 is 0.957 bits per heavy atom. The van der Waals surface area contributed by atoms with Gasteiger partial charge in [0.05, 0.1) is 0 Å². The molecular formula is C20H32F2Ti. The molecule has 0 fully saturated rings. The third-order valence-electron chi connectivity index (χ3n) is 6.38. The maximum atomic E-state index is 2.42. The van der Waals surface area contributed by atoms with Crippen LogP contribution in [0.15, 0.2) is 41.2 Å². The standard InChI is InChI=1S/2C10H15.2FH.Ti/c2*1-7-6-10(4,5)9(3)8(7)2;;;/h2*1-5H3;2*1H;. The molecule has 130 valence electrons. The molecule has 0 nitrogen and oxygen atoms in total. The Bertz CT molecular complexity index is 585. The van der Waals surface area contributed by atoms with Crippen molar-refractivity contribution in [1.29, 1.82) is 0 Å². The maximum absolute atomic E-state index is 2.42. The maximum Gasteiger partial charge on any atom is -0.269 e. The fourth-order valence-electron chi connectivity index (χ4n) is 3.81. The number of hydrogen-bond donors (Lipinski definition) is 0. The summed E-state index contributed by atoms with van der Waals surface area (Å²) in [5, 5.41) is 0. The molecule has 2 rings (SSSR count). The van der Waals surface area contributed by atoms with Crippen molar-refractivity contribution >= 4 is 0 Å². The number of halogens is 2. The van der Waals surface area contributed by atoms with E-state index < -0.39 is 0 Å².